The first-order valence-corrected chi connectivity index (χ1v) is 27.8. The Hall–Kier alpha value is -1.72. The highest BCUT2D eigenvalue weighted by Gasteiger charge is 2.48. The van der Waals surface area contributed by atoms with Crippen LogP contribution in [0.1, 0.15) is 226 Å². The van der Waals surface area contributed by atoms with Crippen LogP contribution < -0.4 is 5.32 Å². The lowest BCUT2D eigenvalue weighted by molar-refractivity contribution is -0.298. The van der Waals surface area contributed by atoms with Gasteiger partial charge in [-0.15, -0.1) is 0 Å². The first kappa shape index (κ1) is 62.3. The van der Waals surface area contributed by atoms with Gasteiger partial charge in [0, 0.05) is 0 Å². The van der Waals surface area contributed by atoms with E-state index in [1.54, 1.807) is 6.08 Å². The number of amides is 1. The summed E-state index contributed by atoms with van der Waals surface area (Å²) in [6.07, 6.45) is 39.4. The van der Waals surface area contributed by atoms with Gasteiger partial charge in [-0.25, -0.2) is 4.18 Å². The highest BCUT2D eigenvalue weighted by molar-refractivity contribution is 7.80. The predicted octanol–water partition coefficient (Wildman–Crippen LogP) is 10.4. The van der Waals surface area contributed by atoms with Gasteiger partial charge in [0.05, 0.1) is 25.4 Å². The molecule has 388 valence electrons. The molecule has 8 atom stereocenters. The number of hydrogen-bond acceptors (Lipinski definition) is 11. The van der Waals surface area contributed by atoms with Crippen LogP contribution in [0.15, 0.2) is 36.5 Å². The third-order valence-electron chi connectivity index (χ3n) is 12.5. The highest BCUT2D eigenvalue weighted by atomic mass is 32.3. The molecule has 1 fully saturated rings. The summed E-state index contributed by atoms with van der Waals surface area (Å²) >= 11 is 0. The van der Waals surface area contributed by atoms with E-state index < -0.39 is 78.5 Å². The zero-order valence-electron chi connectivity index (χ0n) is 41.4. The zero-order valence-corrected chi connectivity index (χ0v) is 42.2. The summed E-state index contributed by atoms with van der Waals surface area (Å²) in [4.78, 5) is 13.2. The number of carbonyl (C=O) groups is 1. The maximum atomic E-state index is 13.2. The molecule has 0 aromatic carbocycles. The number of nitrogens with one attached hydrogen (secondary N) is 1. The Bertz CT molecular complexity index is 1330. The summed E-state index contributed by atoms with van der Waals surface area (Å²) in [5, 5.41) is 55.4. The second-order valence-electron chi connectivity index (χ2n) is 18.6. The largest absolute Gasteiger partial charge is 0.397 e. The van der Waals surface area contributed by atoms with Crippen molar-refractivity contribution in [1.82, 2.24) is 5.32 Å². The lowest BCUT2D eigenvalue weighted by Gasteiger charge is -2.41. The minimum Gasteiger partial charge on any atom is -0.394 e. The molecule has 0 aromatic heterocycles. The molecule has 0 radical (unpaired) electrons. The van der Waals surface area contributed by atoms with Crippen LogP contribution in [0.3, 0.4) is 0 Å². The Morgan fingerprint density at radius 1 is 0.606 bits per heavy atom. The van der Waals surface area contributed by atoms with Crippen molar-refractivity contribution >= 4 is 16.3 Å². The molecular weight excluding hydrogens is 863 g/mol. The normalized spacial score (nSPS) is 20.8. The van der Waals surface area contributed by atoms with Crippen LogP contribution in [0, 0.1) is 0 Å². The van der Waals surface area contributed by atoms with Gasteiger partial charge >= 0.3 is 10.4 Å². The van der Waals surface area contributed by atoms with E-state index in [9.17, 15) is 43.3 Å². The van der Waals surface area contributed by atoms with Crippen LogP contribution in [0.4, 0.5) is 0 Å². The standard InChI is InChI=1S/C52H97NO12S/c1-3-5-7-9-11-13-15-17-19-21-22-23-25-26-28-30-32-34-36-38-40-45(55)44(43-63-52-49(58)50(65-66(60,61)62)48(57)47(42-54)64-52)53-51(59)46(56)41-39-37-35-33-31-29-27-24-20-18-16-14-12-10-8-6-4-2/h27,29-30,32,38,40,44-50,52,54-58H,3-26,28,31,33-37,39,41-43H2,1-2H3,(H,53,59)(H,60,61,62)/b29-27-,32-30+,40-38+. The van der Waals surface area contributed by atoms with Gasteiger partial charge in [0.2, 0.25) is 5.91 Å². The Balaban J connectivity index is 2.54. The lowest BCUT2D eigenvalue weighted by atomic mass is 9.99. The second kappa shape index (κ2) is 42.2. The molecule has 1 aliphatic rings. The first-order chi connectivity index (χ1) is 31.9. The van der Waals surface area contributed by atoms with Gasteiger partial charge in [0.1, 0.15) is 30.5 Å². The number of rotatable bonds is 45. The van der Waals surface area contributed by atoms with Gasteiger partial charge in [-0.3, -0.25) is 9.35 Å². The van der Waals surface area contributed by atoms with Crippen molar-refractivity contribution in [3.63, 3.8) is 0 Å². The topological polar surface area (TPSA) is 212 Å². The number of carbonyl (C=O) groups excluding carboxylic acids is 1. The SMILES string of the molecule is CCCCCCCCCCC/C=C\CCCCCCC(O)C(=O)NC(COC1OC(CO)C(O)C(OS(=O)(=O)O)C1O)C(O)/C=C/CC/C=C/CCCCCCCCCCCCCCCC. The molecule has 0 spiro atoms. The summed E-state index contributed by atoms with van der Waals surface area (Å²) in [7, 11) is -5.13. The van der Waals surface area contributed by atoms with Crippen molar-refractivity contribution < 1.29 is 57.0 Å². The lowest BCUT2D eigenvalue weighted by Crippen LogP contribution is -2.61. The molecule has 66 heavy (non-hydrogen) atoms. The van der Waals surface area contributed by atoms with E-state index in [2.05, 4.69) is 47.7 Å². The predicted molar refractivity (Wildman–Crippen MR) is 265 cm³/mol. The number of aliphatic hydroxyl groups is 5. The molecule has 0 aromatic rings. The van der Waals surface area contributed by atoms with Gasteiger partial charge in [-0.05, 0) is 57.8 Å². The fourth-order valence-electron chi connectivity index (χ4n) is 8.30. The molecule has 0 bridgehead atoms. The third-order valence-corrected chi connectivity index (χ3v) is 13.0. The number of hydrogen-bond donors (Lipinski definition) is 7. The number of aliphatic hydroxyl groups excluding tert-OH is 5. The van der Waals surface area contributed by atoms with Crippen LogP contribution in [0.25, 0.3) is 0 Å². The Morgan fingerprint density at radius 3 is 1.45 bits per heavy atom. The molecule has 1 aliphatic heterocycles. The smallest absolute Gasteiger partial charge is 0.394 e. The van der Waals surface area contributed by atoms with Gasteiger partial charge in [-0.2, -0.15) is 8.42 Å². The average Bonchev–Trinajstić information content (AvgIpc) is 3.29. The van der Waals surface area contributed by atoms with Gasteiger partial charge < -0.3 is 40.3 Å². The number of allylic oxidation sites excluding steroid dienone is 5. The van der Waals surface area contributed by atoms with Crippen LogP contribution in [0.5, 0.6) is 0 Å². The van der Waals surface area contributed by atoms with Crippen molar-refractivity contribution in [3.8, 4) is 0 Å². The van der Waals surface area contributed by atoms with E-state index in [4.69, 9.17) is 9.47 Å². The van der Waals surface area contributed by atoms with E-state index in [-0.39, 0.29) is 6.42 Å². The van der Waals surface area contributed by atoms with E-state index in [1.165, 1.54) is 147 Å². The summed E-state index contributed by atoms with van der Waals surface area (Å²) < 4.78 is 47.6. The quantitative estimate of drug-likeness (QED) is 0.0173. The van der Waals surface area contributed by atoms with Crippen LogP contribution in [-0.2, 0) is 28.9 Å². The molecule has 8 unspecified atom stereocenters. The fraction of sp³-hybridized carbons (Fsp3) is 0.865. The average molecular weight is 960 g/mol. The molecule has 0 saturated carbocycles. The van der Waals surface area contributed by atoms with Crippen LogP contribution in [-0.4, -0.2) is 107 Å². The Morgan fingerprint density at radius 2 is 1.02 bits per heavy atom. The molecule has 0 aliphatic carbocycles. The summed E-state index contributed by atoms with van der Waals surface area (Å²) in [5.74, 6) is -0.719. The van der Waals surface area contributed by atoms with Gasteiger partial charge in [0.15, 0.2) is 6.29 Å². The summed E-state index contributed by atoms with van der Waals surface area (Å²) in [6, 6.07) is -1.14. The molecule has 1 saturated heterocycles. The molecule has 1 amide bonds. The van der Waals surface area contributed by atoms with Gasteiger partial charge in [0.25, 0.3) is 0 Å². The highest BCUT2D eigenvalue weighted by Crippen LogP contribution is 2.26. The van der Waals surface area contributed by atoms with Gasteiger partial charge in [-0.1, -0.05) is 204 Å². The molecule has 14 heteroatoms. The monoisotopic (exact) mass is 960 g/mol. The molecule has 7 N–H and O–H groups in total. The van der Waals surface area contributed by atoms with Crippen molar-refractivity contribution in [2.45, 2.75) is 275 Å². The van der Waals surface area contributed by atoms with Crippen LogP contribution >= 0.6 is 0 Å². The first-order valence-electron chi connectivity index (χ1n) is 26.5. The Labute approximate surface area is 401 Å². The molecule has 1 heterocycles. The number of ether oxygens (including phenoxy) is 2. The maximum absolute atomic E-state index is 13.2. The van der Waals surface area contributed by atoms with Crippen LogP contribution in [0.2, 0.25) is 0 Å². The maximum Gasteiger partial charge on any atom is 0.397 e. The molecule has 1 rings (SSSR count). The van der Waals surface area contributed by atoms with E-state index in [0.717, 1.165) is 51.4 Å². The third kappa shape index (κ3) is 33.7. The Kier molecular flexibility index (Phi) is 39.8. The number of unbranched alkanes of at least 4 members (excludes halogenated alkanes) is 28. The van der Waals surface area contributed by atoms with Crippen molar-refractivity contribution in [3.05, 3.63) is 36.5 Å². The van der Waals surface area contributed by atoms with Crippen molar-refractivity contribution in [1.29, 1.82) is 0 Å². The van der Waals surface area contributed by atoms with Crippen molar-refractivity contribution in [2.24, 2.45) is 0 Å². The molecular formula is C52H97NO12S. The summed E-state index contributed by atoms with van der Waals surface area (Å²) in [6.45, 7) is 3.22. The van der Waals surface area contributed by atoms with Crippen molar-refractivity contribution in [2.75, 3.05) is 13.2 Å². The van der Waals surface area contributed by atoms with E-state index in [0.29, 0.717) is 12.8 Å². The second-order valence-corrected chi connectivity index (χ2v) is 19.6. The molecule has 13 nitrogen and oxygen atoms in total. The summed E-state index contributed by atoms with van der Waals surface area (Å²) in [5.41, 5.74) is 0. The van der Waals surface area contributed by atoms with E-state index >= 15 is 0 Å². The van der Waals surface area contributed by atoms with E-state index in [1.807, 2.05) is 0 Å². The zero-order chi connectivity index (χ0) is 48.5. The minimum absolute atomic E-state index is 0.223. The fourth-order valence-corrected chi connectivity index (χ4v) is 8.80. The minimum atomic E-state index is -5.13.